The van der Waals surface area contributed by atoms with E-state index in [0.717, 1.165) is 59.9 Å². The zero-order valence-electron chi connectivity index (χ0n) is 18.8. The van der Waals surface area contributed by atoms with Gasteiger partial charge in [0.25, 0.3) is 0 Å². The van der Waals surface area contributed by atoms with Crippen molar-refractivity contribution in [1.82, 2.24) is 20.3 Å². The Labute approximate surface area is 188 Å². The molecular formula is C25H29N5O2. The highest BCUT2D eigenvalue weighted by molar-refractivity contribution is 5.79. The quantitative estimate of drug-likeness (QED) is 0.641. The molecule has 1 N–H and O–H groups in total. The van der Waals surface area contributed by atoms with Crippen LogP contribution in [0.2, 0.25) is 0 Å². The molecule has 0 aliphatic carbocycles. The number of ether oxygens (including phenoxy) is 1. The summed E-state index contributed by atoms with van der Waals surface area (Å²) in [5.74, 6) is 2.59. The van der Waals surface area contributed by atoms with Crippen LogP contribution >= 0.6 is 0 Å². The molecule has 166 valence electrons. The lowest BCUT2D eigenvalue weighted by molar-refractivity contribution is -0.125. The lowest BCUT2D eigenvalue weighted by atomic mass is 9.95. The third-order valence-corrected chi connectivity index (χ3v) is 6.07. The van der Waals surface area contributed by atoms with Crippen molar-refractivity contribution in [2.75, 3.05) is 25.1 Å². The van der Waals surface area contributed by atoms with Gasteiger partial charge in [0.05, 0.1) is 7.11 Å². The Bertz CT molecular complexity index is 1060. The van der Waals surface area contributed by atoms with Crippen molar-refractivity contribution in [2.24, 2.45) is 5.92 Å². The van der Waals surface area contributed by atoms with Crippen LogP contribution in [0.4, 0.5) is 5.82 Å². The fraction of sp³-hybridized carbons (Fsp3) is 0.360. The van der Waals surface area contributed by atoms with Gasteiger partial charge >= 0.3 is 0 Å². The number of pyridine rings is 1. The molecule has 1 aliphatic heterocycles. The number of carbonyl (C=O) groups excluding carboxylic acids is 1. The van der Waals surface area contributed by atoms with E-state index in [1.54, 1.807) is 19.5 Å². The summed E-state index contributed by atoms with van der Waals surface area (Å²) in [6.45, 7) is 6.20. The normalized spacial score (nSPS) is 14.3. The summed E-state index contributed by atoms with van der Waals surface area (Å²) in [4.78, 5) is 28.7. The lowest BCUT2D eigenvalue weighted by Gasteiger charge is -2.33. The number of amides is 1. The molecular weight excluding hydrogens is 402 g/mol. The Morgan fingerprint density at radius 3 is 2.53 bits per heavy atom. The third-order valence-electron chi connectivity index (χ3n) is 6.07. The van der Waals surface area contributed by atoms with Crippen molar-refractivity contribution in [3.05, 3.63) is 65.6 Å². The molecule has 2 aromatic heterocycles. The summed E-state index contributed by atoms with van der Waals surface area (Å²) < 4.78 is 5.18. The van der Waals surface area contributed by atoms with Crippen LogP contribution in [0.1, 0.15) is 29.7 Å². The van der Waals surface area contributed by atoms with Crippen molar-refractivity contribution in [2.45, 2.75) is 33.2 Å². The van der Waals surface area contributed by atoms with Crippen LogP contribution in [0, 0.1) is 19.8 Å². The molecule has 32 heavy (non-hydrogen) atoms. The van der Waals surface area contributed by atoms with E-state index < -0.39 is 0 Å². The summed E-state index contributed by atoms with van der Waals surface area (Å²) in [5.41, 5.74) is 4.02. The number of piperidine rings is 1. The van der Waals surface area contributed by atoms with E-state index >= 15 is 0 Å². The predicted octanol–water partition coefficient (Wildman–Crippen LogP) is 3.70. The van der Waals surface area contributed by atoms with Gasteiger partial charge in [-0.15, -0.1) is 0 Å². The van der Waals surface area contributed by atoms with E-state index in [1.165, 1.54) is 0 Å². The van der Waals surface area contributed by atoms with Gasteiger partial charge < -0.3 is 15.0 Å². The summed E-state index contributed by atoms with van der Waals surface area (Å²) in [7, 11) is 1.65. The van der Waals surface area contributed by atoms with Crippen molar-refractivity contribution in [3.8, 4) is 17.1 Å². The Balaban J connectivity index is 1.38. The first-order chi connectivity index (χ1) is 15.5. The maximum absolute atomic E-state index is 12.7. The Hall–Kier alpha value is -3.48. The van der Waals surface area contributed by atoms with Gasteiger partial charge in [-0.3, -0.25) is 9.78 Å². The van der Waals surface area contributed by atoms with Crippen molar-refractivity contribution < 1.29 is 9.53 Å². The first kappa shape index (κ1) is 21.7. The number of hydrogen-bond acceptors (Lipinski definition) is 6. The second kappa shape index (κ2) is 9.77. The fourth-order valence-electron chi connectivity index (χ4n) is 3.98. The SMILES string of the molecule is COc1ccc(CNC(=O)C2CCN(c3nc(-c4cccnc4)nc(C)c3C)CC2)cc1. The number of anilines is 1. The minimum absolute atomic E-state index is 0.0190. The number of benzene rings is 1. The third kappa shape index (κ3) is 4.88. The van der Waals surface area contributed by atoms with Crippen LogP contribution in [0.5, 0.6) is 5.75 Å². The number of methoxy groups -OCH3 is 1. The number of nitrogens with one attached hydrogen (secondary N) is 1. The van der Waals surface area contributed by atoms with Crippen molar-refractivity contribution in [3.63, 3.8) is 0 Å². The van der Waals surface area contributed by atoms with Gasteiger partial charge in [-0.05, 0) is 56.5 Å². The minimum Gasteiger partial charge on any atom is -0.497 e. The second-order valence-corrected chi connectivity index (χ2v) is 8.15. The largest absolute Gasteiger partial charge is 0.497 e. The smallest absolute Gasteiger partial charge is 0.223 e. The second-order valence-electron chi connectivity index (χ2n) is 8.15. The molecule has 1 saturated heterocycles. The van der Waals surface area contributed by atoms with E-state index in [-0.39, 0.29) is 11.8 Å². The molecule has 4 rings (SSSR count). The van der Waals surface area contributed by atoms with E-state index in [0.29, 0.717) is 12.4 Å². The minimum atomic E-state index is 0.0190. The van der Waals surface area contributed by atoms with Gasteiger partial charge in [-0.25, -0.2) is 9.97 Å². The maximum Gasteiger partial charge on any atom is 0.223 e. The molecule has 3 heterocycles. The highest BCUT2D eigenvalue weighted by Crippen LogP contribution is 2.28. The average Bonchev–Trinajstić information content (AvgIpc) is 2.85. The van der Waals surface area contributed by atoms with Crippen molar-refractivity contribution >= 4 is 11.7 Å². The van der Waals surface area contributed by atoms with E-state index in [4.69, 9.17) is 9.72 Å². The molecule has 0 radical (unpaired) electrons. The van der Waals surface area contributed by atoms with E-state index in [2.05, 4.69) is 27.1 Å². The van der Waals surface area contributed by atoms with Gasteiger partial charge in [0.2, 0.25) is 5.91 Å². The number of nitrogens with zero attached hydrogens (tertiary/aromatic N) is 4. The summed E-state index contributed by atoms with van der Waals surface area (Å²) in [6.07, 6.45) is 5.14. The Morgan fingerprint density at radius 2 is 1.88 bits per heavy atom. The number of aromatic nitrogens is 3. The molecule has 0 atom stereocenters. The zero-order valence-corrected chi connectivity index (χ0v) is 18.8. The van der Waals surface area contributed by atoms with Crippen LogP contribution < -0.4 is 15.0 Å². The van der Waals surface area contributed by atoms with Gasteiger partial charge in [0.1, 0.15) is 11.6 Å². The van der Waals surface area contributed by atoms with E-state index in [9.17, 15) is 4.79 Å². The Morgan fingerprint density at radius 1 is 1.12 bits per heavy atom. The number of carbonyl (C=O) groups is 1. The molecule has 1 aliphatic rings. The molecule has 7 heteroatoms. The predicted molar refractivity (Wildman–Crippen MR) is 125 cm³/mol. The molecule has 3 aromatic rings. The van der Waals surface area contributed by atoms with Crippen LogP contribution in [0.25, 0.3) is 11.4 Å². The van der Waals surface area contributed by atoms with Gasteiger partial charge in [0.15, 0.2) is 5.82 Å². The van der Waals surface area contributed by atoms with Crippen molar-refractivity contribution in [1.29, 1.82) is 0 Å². The monoisotopic (exact) mass is 431 g/mol. The molecule has 0 bridgehead atoms. The zero-order chi connectivity index (χ0) is 22.5. The molecule has 1 fully saturated rings. The average molecular weight is 432 g/mol. The molecule has 1 aromatic carbocycles. The first-order valence-electron chi connectivity index (χ1n) is 11.0. The van der Waals surface area contributed by atoms with E-state index in [1.807, 2.05) is 43.3 Å². The maximum atomic E-state index is 12.7. The van der Waals surface area contributed by atoms with Gasteiger partial charge in [-0.2, -0.15) is 0 Å². The highest BCUT2D eigenvalue weighted by atomic mass is 16.5. The standard InChI is InChI=1S/C25H29N5O2/c1-17-18(2)28-23(21-5-4-12-26-16-21)29-24(17)30-13-10-20(11-14-30)25(31)27-15-19-6-8-22(32-3)9-7-19/h4-9,12,16,20H,10-11,13-15H2,1-3H3,(H,27,31). The lowest BCUT2D eigenvalue weighted by Crippen LogP contribution is -2.41. The van der Waals surface area contributed by atoms with Crippen LogP contribution in [0.15, 0.2) is 48.8 Å². The summed E-state index contributed by atoms with van der Waals surface area (Å²) in [5, 5.41) is 3.08. The number of hydrogen-bond donors (Lipinski definition) is 1. The first-order valence-corrected chi connectivity index (χ1v) is 11.0. The van der Waals surface area contributed by atoms with Crippen LogP contribution in [-0.4, -0.2) is 41.1 Å². The van der Waals surface area contributed by atoms with Gasteiger partial charge in [0, 0.05) is 54.8 Å². The Kier molecular flexibility index (Phi) is 6.63. The summed E-state index contributed by atoms with van der Waals surface area (Å²) in [6, 6.07) is 11.6. The fourth-order valence-corrected chi connectivity index (χ4v) is 3.98. The van der Waals surface area contributed by atoms with Gasteiger partial charge in [-0.1, -0.05) is 12.1 Å². The summed E-state index contributed by atoms with van der Waals surface area (Å²) >= 11 is 0. The molecule has 0 saturated carbocycles. The van der Waals surface area contributed by atoms with Crippen LogP contribution in [-0.2, 0) is 11.3 Å². The van der Waals surface area contributed by atoms with Crippen LogP contribution in [0.3, 0.4) is 0 Å². The number of aryl methyl sites for hydroxylation is 1. The highest BCUT2D eigenvalue weighted by Gasteiger charge is 2.27. The molecule has 0 unspecified atom stereocenters. The molecule has 0 spiro atoms. The molecule has 7 nitrogen and oxygen atoms in total. The topological polar surface area (TPSA) is 80.2 Å². The number of rotatable bonds is 6. The molecule has 1 amide bonds.